The second-order valence-corrected chi connectivity index (χ2v) is 2.70. The minimum absolute atomic E-state index is 0.0553. The van der Waals surface area contributed by atoms with Gasteiger partial charge in [0.25, 0.3) is 5.91 Å². The first kappa shape index (κ1) is 11.9. The molecule has 0 saturated carbocycles. The highest BCUT2D eigenvalue weighted by molar-refractivity contribution is 5.80. The number of carbonyl (C=O) groups is 1. The van der Waals surface area contributed by atoms with E-state index in [1.54, 1.807) is 11.8 Å². The summed E-state index contributed by atoms with van der Waals surface area (Å²) < 4.78 is 4.90. The molecule has 1 amide bonds. The first-order valence-electron chi connectivity index (χ1n) is 4.35. The van der Waals surface area contributed by atoms with Crippen molar-refractivity contribution in [2.24, 2.45) is 0 Å². The second-order valence-electron chi connectivity index (χ2n) is 2.70. The van der Waals surface area contributed by atoms with Crippen LogP contribution in [-0.4, -0.2) is 37.1 Å². The van der Waals surface area contributed by atoms with E-state index in [9.17, 15) is 4.79 Å². The molecule has 0 aromatic carbocycles. The van der Waals surface area contributed by atoms with Crippen molar-refractivity contribution in [3.05, 3.63) is 0 Å². The van der Waals surface area contributed by atoms with Crippen LogP contribution in [-0.2, 0) is 9.53 Å². The Balaban J connectivity index is 4.08. The molecule has 0 aromatic heterocycles. The lowest BCUT2D eigenvalue weighted by Crippen LogP contribution is -2.39. The van der Waals surface area contributed by atoms with Gasteiger partial charge in [0.05, 0.1) is 12.5 Å². The van der Waals surface area contributed by atoms with E-state index in [0.717, 1.165) is 0 Å². The number of rotatable bonds is 5. The first-order chi connectivity index (χ1) is 6.17. The molecule has 4 nitrogen and oxygen atoms in total. The number of hydrogen-bond donors (Lipinski definition) is 0. The predicted octanol–water partition coefficient (Wildman–Crippen LogP) is 0.783. The van der Waals surface area contributed by atoms with E-state index in [2.05, 4.69) is 0 Å². The average molecular weight is 184 g/mol. The highest BCUT2D eigenvalue weighted by atomic mass is 16.5. The van der Waals surface area contributed by atoms with Gasteiger partial charge in [-0.05, 0) is 13.8 Å². The standard InChI is InChI=1S/C9H16N2O2/c1-4-11(7-5-6-10)9(12)8(2)13-3/h8H,4-5,7H2,1-3H3. The van der Waals surface area contributed by atoms with Crippen LogP contribution in [0.2, 0.25) is 0 Å². The number of ether oxygens (including phenoxy) is 1. The number of nitrogens with zero attached hydrogens (tertiary/aromatic N) is 2. The summed E-state index contributed by atoms with van der Waals surface area (Å²) in [6, 6.07) is 2.01. The van der Waals surface area contributed by atoms with E-state index < -0.39 is 6.10 Å². The zero-order valence-corrected chi connectivity index (χ0v) is 8.41. The molecule has 0 rings (SSSR count). The van der Waals surface area contributed by atoms with Crippen molar-refractivity contribution in [1.82, 2.24) is 4.90 Å². The van der Waals surface area contributed by atoms with Gasteiger partial charge in [-0.25, -0.2) is 0 Å². The van der Waals surface area contributed by atoms with Gasteiger partial charge in [-0.1, -0.05) is 0 Å². The molecule has 13 heavy (non-hydrogen) atoms. The molecule has 0 fully saturated rings. The molecule has 0 bridgehead atoms. The van der Waals surface area contributed by atoms with Crippen LogP contribution in [0.4, 0.5) is 0 Å². The maximum atomic E-state index is 11.5. The van der Waals surface area contributed by atoms with Gasteiger partial charge >= 0.3 is 0 Å². The predicted molar refractivity (Wildman–Crippen MR) is 49.0 cm³/mol. The van der Waals surface area contributed by atoms with Crippen molar-refractivity contribution in [3.8, 4) is 6.07 Å². The molecule has 0 aromatic rings. The number of nitriles is 1. The third-order valence-corrected chi connectivity index (χ3v) is 1.89. The summed E-state index contributed by atoms with van der Waals surface area (Å²) in [4.78, 5) is 13.1. The van der Waals surface area contributed by atoms with E-state index in [-0.39, 0.29) is 5.91 Å². The van der Waals surface area contributed by atoms with Crippen LogP contribution < -0.4 is 0 Å². The molecule has 0 aliphatic carbocycles. The van der Waals surface area contributed by atoms with Gasteiger partial charge in [-0.15, -0.1) is 0 Å². The summed E-state index contributed by atoms with van der Waals surface area (Å²) in [6.07, 6.45) is -0.0469. The Morgan fingerprint density at radius 2 is 2.31 bits per heavy atom. The van der Waals surface area contributed by atoms with Crippen LogP contribution in [0.1, 0.15) is 20.3 Å². The fraction of sp³-hybridized carbons (Fsp3) is 0.778. The molecule has 0 N–H and O–H groups in total. The number of methoxy groups -OCH3 is 1. The lowest BCUT2D eigenvalue weighted by atomic mass is 10.3. The van der Waals surface area contributed by atoms with E-state index in [4.69, 9.17) is 10.00 Å². The average Bonchev–Trinajstić information content (AvgIpc) is 2.17. The molecule has 1 atom stereocenters. The molecule has 4 heteroatoms. The van der Waals surface area contributed by atoms with Gasteiger partial charge in [-0.2, -0.15) is 5.26 Å². The van der Waals surface area contributed by atoms with Crippen molar-refractivity contribution in [2.75, 3.05) is 20.2 Å². The number of carbonyl (C=O) groups excluding carboxylic acids is 1. The summed E-state index contributed by atoms with van der Waals surface area (Å²) in [6.45, 7) is 4.70. The second kappa shape index (κ2) is 6.44. The van der Waals surface area contributed by atoms with Gasteiger partial charge in [0.2, 0.25) is 0 Å². The van der Waals surface area contributed by atoms with Crippen molar-refractivity contribution in [3.63, 3.8) is 0 Å². The Kier molecular flexibility index (Phi) is 5.90. The Morgan fingerprint density at radius 3 is 2.69 bits per heavy atom. The van der Waals surface area contributed by atoms with Crippen LogP contribution in [0.15, 0.2) is 0 Å². The lowest BCUT2D eigenvalue weighted by molar-refractivity contribution is -0.140. The van der Waals surface area contributed by atoms with Crippen LogP contribution in [0.5, 0.6) is 0 Å². The molecule has 0 radical (unpaired) electrons. The molecule has 0 saturated heterocycles. The molecular formula is C9H16N2O2. The van der Waals surface area contributed by atoms with E-state index in [0.29, 0.717) is 19.5 Å². The zero-order chi connectivity index (χ0) is 10.3. The monoisotopic (exact) mass is 184 g/mol. The zero-order valence-electron chi connectivity index (χ0n) is 8.41. The van der Waals surface area contributed by atoms with Gasteiger partial charge in [0, 0.05) is 20.2 Å². The van der Waals surface area contributed by atoms with E-state index in [1.165, 1.54) is 7.11 Å². The summed E-state index contributed by atoms with van der Waals surface area (Å²) in [5.41, 5.74) is 0. The maximum absolute atomic E-state index is 11.5. The van der Waals surface area contributed by atoms with Crippen molar-refractivity contribution < 1.29 is 9.53 Å². The SMILES string of the molecule is CCN(CCC#N)C(=O)C(C)OC. The molecule has 0 spiro atoms. The van der Waals surface area contributed by atoms with Crippen LogP contribution in [0, 0.1) is 11.3 Å². The van der Waals surface area contributed by atoms with Crippen molar-refractivity contribution in [2.45, 2.75) is 26.4 Å². The summed E-state index contributed by atoms with van der Waals surface area (Å²) in [5.74, 6) is -0.0553. The molecule has 0 heterocycles. The summed E-state index contributed by atoms with van der Waals surface area (Å²) in [7, 11) is 1.50. The van der Waals surface area contributed by atoms with Gasteiger partial charge in [-0.3, -0.25) is 4.79 Å². The largest absolute Gasteiger partial charge is 0.372 e. The Morgan fingerprint density at radius 1 is 1.69 bits per heavy atom. The number of likely N-dealkylation sites (N-methyl/N-ethyl adjacent to an activating group) is 1. The quantitative estimate of drug-likeness (QED) is 0.634. The van der Waals surface area contributed by atoms with Gasteiger partial charge in [0.15, 0.2) is 0 Å². The first-order valence-corrected chi connectivity index (χ1v) is 4.35. The van der Waals surface area contributed by atoms with Crippen LogP contribution in [0.3, 0.4) is 0 Å². The highest BCUT2D eigenvalue weighted by Gasteiger charge is 2.17. The van der Waals surface area contributed by atoms with Crippen molar-refractivity contribution >= 4 is 5.91 Å². The Bertz CT molecular complexity index is 198. The fourth-order valence-corrected chi connectivity index (χ4v) is 0.967. The highest BCUT2D eigenvalue weighted by Crippen LogP contribution is 1.99. The molecule has 1 unspecified atom stereocenters. The molecular weight excluding hydrogens is 168 g/mol. The van der Waals surface area contributed by atoms with Crippen LogP contribution in [0.25, 0.3) is 0 Å². The normalized spacial score (nSPS) is 11.8. The number of hydrogen-bond acceptors (Lipinski definition) is 3. The summed E-state index contributed by atoms with van der Waals surface area (Å²) in [5, 5.41) is 8.37. The summed E-state index contributed by atoms with van der Waals surface area (Å²) >= 11 is 0. The molecule has 0 aliphatic rings. The third-order valence-electron chi connectivity index (χ3n) is 1.89. The van der Waals surface area contributed by atoms with E-state index in [1.807, 2.05) is 13.0 Å². The van der Waals surface area contributed by atoms with Gasteiger partial charge < -0.3 is 9.64 Å². The van der Waals surface area contributed by atoms with Gasteiger partial charge in [0.1, 0.15) is 6.10 Å². The van der Waals surface area contributed by atoms with Crippen LogP contribution >= 0.6 is 0 Å². The Hall–Kier alpha value is -1.08. The van der Waals surface area contributed by atoms with Crippen molar-refractivity contribution in [1.29, 1.82) is 5.26 Å². The van der Waals surface area contributed by atoms with E-state index >= 15 is 0 Å². The minimum Gasteiger partial charge on any atom is -0.372 e. The lowest BCUT2D eigenvalue weighted by Gasteiger charge is -2.22. The maximum Gasteiger partial charge on any atom is 0.251 e. The number of amides is 1. The topological polar surface area (TPSA) is 53.3 Å². The Labute approximate surface area is 79.1 Å². The molecule has 74 valence electrons. The molecule has 0 aliphatic heterocycles. The minimum atomic E-state index is -0.418. The fourth-order valence-electron chi connectivity index (χ4n) is 0.967. The third kappa shape index (κ3) is 3.90. The smallest absolute Gasteiger partial charge is 0.251 e.